The molecule has 0 unspecified atom stereocenters. The number of hydrogen-bond acceptors (Lipinski definition) is 5. The summed E-state index contributed by atoms with van der Waals surface area (Å²) < 4.78 is 27.5. The fraction of sp³-hybridized carbons (Fsp3) is 0.500. The van der Waals surface area contributed by atoms with Crippen molar-refractivity contribution in [2.75, 3.05) is 24.7 Å². The minimum absolute atomic E-state index is 0.0218. The number of halogens is 1. The van der Waals surface area contributed by atoms with E-state index in [0.29, 0.717) is 24.4 Å². The minimum Gasteiger partial charge on any atom is -0.456 e. The summed E-state index contributed by atoms with van der Waals surface area (Å²) in [6.07, 6.45) is 1.14. The van der Waals surface area contributed by atoms with Gasteiger partial charge in [0.1, 0.15) is 0 Å². The molecule has 6 nitrogen and oxygen atoms in total. The Morgan fingerprint density at radius 3 is 2.79 bits per heavy atom. The second-order valence-corrected chi connectivity index (χ2v) is 8.53. The average molecular weight is 374 g/mol. The van der Waals surface area contributed by atoms with Crippen LogP contribution in [0.3, 0.4) is 0 Å². The molecule has 1 aromatic rings. The van der Waals surface area contributed by atoms with Gasteiger partial charge in [-0.1, -0.05) is 23.7 Å². The third kappa shape index (κ3) is 6.49. The molecule has 0 spiro atoms. The summed E-state index contributed by atoms with van der Waals surface area (Å²) in [4.78, 5) is 23.3. The van der Waals surface area contributed by atoms with Crippen molar-refractivity contribution in [1.29, 1.82) is 0 Å². The lowest BCUT2D eigenvalue weighted by atomic mass is 10.1. The van der Waals surface area contributed by atoms with Crippen LogP contribution in [-0.4, -0.2) is 45.0 Å². The maximum atomic E-state index is 11.6. The molecule has 132 valence electrons. The summed E-state index contributed by atoms with van der Waals surface area (Å²) in [7, 11) is -3.01. The lowest BCUT2D eigenvalue weighted by Gasteiger charge is -2.09. The highest BCUT2D eigenvalue weighted by atomic mass is 35.5. The van der Waals surface area contributed by atoms with Crippen LogP contribution in [0.2, 0.25) is 5.02 Å². The number of ether oxygens (including phenoxy) is 1. The van der Waals surface area contributed by atoms with Gasteiger partial charge >= 0.3 is 5.97 Å². The first-order valence-corrected chi connectivity index (χ1v) is 9.91. The maximum absolute atomic E-state index is 11.6. The molecule has 2 rings (SSSR count). The monoisotopic (exact) mass is 373 g/mol. The molecule has 24 heavy (non-hydrogen) atoms. The first-order chi connectivity index (χ1) is 11.3. The molecule has 1 aliphatic heterocycles. The number of benzene rings is 1. The molecule has 1 heterocycles. The fourth-order valence-corrected chi connectivity index (χ4v) is 4.64. The van der Waals surface area contributed by atoms with Crippen LogP contribution in [0.25, 0.3) is 0 Å². The van der Waals surface area contributed by atoms with Crippen molar-refractivity contribution in [3.8, 4) is 0 Å². The first kappa shape index (κ1) is 18.7. The van der Waals surface area contributed by atoms with E-state index in [1.54, 1.807) is 6.07 Å². The van der Waals surface area contributed by atoms with Crippen LogP contribution in [0.1, 0.15) is 18.4 Å². The van der Waals surface area contributed by atoms with E-state index in [2.05, 4.69) is 5.32 Å². The topological polar surface area (TPSA) is 89.5 Å². The Morgan fingerprint density at radius 2 is 2.12 bits per heavy atom. The standard InChI is InChI=1S/C16H20ClNO5S/c17-14-3-1-2-12(8-14)4-6-18-15(19)10-23-16(20)9-13-5-7-24(21,22)11-13/h1-3,8,13H,4-7,9-11H2,(H,18,19)/t13-/m0/s1. The largest absolute Gasteiger partial charge is 0.456 e. The van der Waals surface area contributed by atoms with Gasteiger partial charge in [-0.2, -0.15) is 0 Å². The number of esters is 1. The summed E-state index contributed by atoms with van der Waals surface area (Å²) in [6.45, 7) is 0.0610. The minimum atomic E-state index is -3.01. The molecule has 0 aliphatic carbocycles. The zero-order valence-electron chi connectivity index (χ0n) is 13.2. The maximum Gasteiger partial charge on any atom is 0.306 e. The zero-order valence-corrected chi connectivity index (χ0v) is 14.7. The molecule has 0 saturated carbocycles. The Morgan fingerprint density at radius 1 is 1.33 bits per heavy atom. The van der Waals surface area contributed by atoms with Crippen molar-refractivity contribution in [2.24, 2.45) is 5.92 Å². The van der Waals surface area contributed by atoms with Crippen molar-refractivity contribution < 1.29 is 22.7 Å². The number of carbonyl (C=O) groups excluding carboxylic acids is 2. The SMILES string of the molecule is O=C(COC(=O)C[C@@H]1CCS(=O)(=O)C1)NCCc1cccc(Cl)c1. The molecule has 8 heteroatoms. The lowest BCUT2D eigenvalue weighted by Crippen LogP contribution is -2.30. The number of nitrogens with one attached hydrogen (secondary N) is 1. The predicted octanol–water partition coefficient (Wildman–Crippen LogP) is 1.37. The molecule has 0 bridgehead atoms. The van der Waals surface area contributed by atoms with Crippen LogP contribution < -0.4 is 5.32 Å². The molecule has 1 N–H and O–H groups in total. The third-order valence-corrected chi connectivity index (χ3v) is 5.84. The van der Waals surface area contributed by atoms with E-state index in [0.717, 1.165) is 5.56 Å². The number of amides is 1. The Labute approximate surface area is 146 Å². The van der Waals surface area contributed by atoms with Crippen LogP contribution in [0, 0.1) is 5.92 Å². The second-order valence-electron chi connectivity index (χ2n) is 5.86. The van der Waals surface area contributed by atoms with E-state index in [1.807, 2.05) is 18.2 Å². The van der Waals surface area contributed by atoms with E-state index in [4.69, 9.17) is 16.3 Å². The molecule has 1 fully saturated rings. The third-order valence-electron chi connectivity index (χ3n) is 3.77. The van der Waals surface area contributed by atoms with Crippen LogP contribution in [0.4, 0.5) is 0 Å². The molecule has 0 radical (unpaired) electrons. The van der Waals surface area contributed by atoms with Gasteiger partial charge in [-0.05, 0) is 36.5 Å². The highest BCUT2D eigenvalue weighted by molar-refractivity contribution is 7.91. The van der Waals surface area contributed by atoms with Crippen molar-refractivity contribution in [2.45, 2.75) is 19.3 Å². The van der Waals surface area contributed by atoms with E-state index in [9.17, 15) is 18.0 Å². The van der Waals surface area contributed by atoms with Gasteiger partial charge in [0.05, 0.1) is 11.5 Å². The highest BCUT2D eigenvalue weighted by Gasteiger charge is 2.29. The Bertz CT molecular complexity index is 704. The summed E-state index contributed by atoms with van der Waals surface area (Å²) in [5.74, 6) is -0.983. The normalized spacial score (nSPS) is 19.0. The fourth-order valence-electron chi connectivity index (χ4n) is 2.56. The molecule has 1 aromatic carbocycles. The van der Waals surface area contributed by atoms with Gasteiger partial charge in [-0.25, -0.2) is 8.42 Å². The Balaban J connectivity index is 1.61. The molecular weight excluding hydrogens is 354 g/mol. The average Bonchev–Trinajstić information content (AvgIpc) is 2.84. The van der Waals surface area contributed by atoms with Gasteiger partial charge in [-0.15, -0.1) is 0 Å². The van der Waals surface area contributed by atoms with E-state index in [-0.39, 0.29) is 36.4 Å². The van der Waals surface area contributed by atoms with Gasteiger partial charge in [0.2, 0.25) is 0 Å². The van der Waals surface area contributed by atoms with Crippen molar-refractivity contribution >= 4 is 33.3 Å². The van der Waals surface area contributed by atoms with E-state index < -0.39 is 15.8 Å². The van der Waals surface area contributed by atoms with E-state index in [1.165, 1.54) is 0 Å². The summed E-state index contributed by atoms with van der Waals surface area (Å²) >= 11 is 5.88. The predicted molar refractivity (Wildman–Crippen MR) is 90.5 cm³/mol. The van der Waals surface area contributed by atoms with Crippen LogP contribution in [-0.2, 0) is 30.6 Å². The molecule has 1 saturated heterocycles. The Kier molecular flexibility index (Phi) is 6.62. The zero-order chi connectivity index (χ0) is 17.6. The number of rotatable bonds is 7. The number of hydrogen-bond donors (Lipinski definition) is 1. The van der Waals surface area contributed by atoms with Crippen LogP contribution in [0.15, 0.2) is 24.3 Å². The summed E-state index contributed by atoms with van der Waals surface area (Å²) in [5, 5.41) is 3.30. The quantitative estimate of drug-likeness (QED) is 0.729. The number of sulfone groups is 1. The molecule has 1 amide bonds. The van der Waals surface area contributed by atoms with Crippen molar-refractivity contribution in [3.63, 3.8) is 0 Å². The van der Waals surface area contributed by atoms with Crippen LogP contribution in [0.5, 0.6) is 0 Å². The van der Waals surface area contributed by atoms with Gasteiger partial charge < -0.3 is 10.1 Å². The van der Waals surface area contributed by atoms with Gasteiger partial charge in [-0.3, -0.25) is 9.59 Å². The lowest BCUT2D eigenvalue weighted by molar-refractivity contribution is -0.149. The summed E-state index contributed by atoms with van der Waals surface area (Å²) in [6, 6.07) is 7.35. The smallest absolute Gasteiger partial charge is 0.306 e. The summed E-state index contributed by atoms with van der Waals surface area (Å²) in [5.41, 5.74) is 1.00. The molecule has 0 aromatic heterocycles. The molecule has 1 aliphatic rings. The highest BCUT2D eigenvalue weighted by Crippen LogP contribution is 2.21. The Hall–Kier alpha value is -1.60. The van der Waals surface area contributed by atoms with Crippen molar-refractivity contribution in [1.82, 2.24) is 5.32 Å². The number of carbonyl (C=O) groups is 2. The first-order valence-electron chi connectivity index (χ1n) is 7.71. The van der Waals surface area contributed by atoms with Crippen LogP contribution >= 0.6 is 11.6 Å². The second kappa shape index (κ2) is 8.48. The van der Waals surface area contributed by atoms with Gasteiger partial charge in [0, 0.05) is 18.0 Å². The molecular formula is C16H20ClNO5S. The van der Waals surface area contributed by atoms with Gasteiger partial charge in [0.25, 0.3) is 5.91 Å². The van der Waals surface area contributed by atoms with Crippen molar-refractivity contribution in [3.05, 3.63) is 34.9 Å². The van der Waals surface area contributed by atoms with E-state index >= 15 is 0 Å². The van der Waals surface area contributed by atoms with Gasteiger partial charge in [0.15, 0.2) is 16.4 Å². The molecule has 1 atom stereocenters.